The molecule has 1 fully saturated rings. The van der Waals surface area contributed by atoms with Gasteiger partial charge in [0.15, 0.2) is 0 Å². The van der Waals surface area contributed by atoms with Gasteiger partial charge in [-0.25, -0.2) is 0 Å². The molecule has 0 aliphatic carbocycles. The van der Waals surface area contributed by atoms with Gasteiger partial charge in [0, 0.05) is 56.0 Å². The zero-order valence-corrected chi connectivity index (χ0v) is 14.0. The molecule has 0 spiro atoms. The minimum Gasteiger partial charge on any atom is -0.374 e. The molecule has 0 aromatic heterocycles. The summed E-state index contributed by atoms with van der Waals surface area (Å²) < 4.78 is 0. The second-order valence-corrected chi connectivity index (χ2v) is 7.48. The Morgan fingerprint density at radius 3 is 3.00 bits per heavy atom. The first-order valence-corrected chi connectivity index (χ1v) is 9.23. The van der Waals surface area contributed by atoms with Crippen molar-refractivity contribution >= 4 is 17.4 Å². The van der Waals surface area contributed by atoms with Crippen LogP contribution in [0.15, 0.2) is 18.2 Å². The number of nitrogens with zero attached hydrogens (tertiary/aromatic N) is 2. The van der Waals surface area contributed by atoms with E-state index in [0.717, 1.165) is 6.54 Å². The Morgan fingerprint density at radius 2 is 2.24 bits per heavy atom. The maximum absolute atomic E-state index is 6.14. The maximum atomic E-state index is 6.14. The average molecular weight is 305 g/mol. The fourth-order valence-electron chi connectivity index (χ4n) is 3.68. The second-order valence-electron chi connectivity index (χ2n) is 6.33. The van der Waals surface area contributed by atoms with Crippen molar-refractivity contribution in [1.29, 1.82) is 0 Å². The van der Waals surface area contributed by atoms with Crippen LogP contribution in [0.1, 0.15) is 30.5 Å². The molecule has 21 heavy (non-hydrogen) atoms. The molecule has 2 aliphatic heterocycles. The number of hydrogen-bond donors (Lipinski definition) is 1. The molecular formula is C17H27N3S. The number of nitrogens with two attached hydrogens (primary N) is 1. The van der Waals surface area contributed by atoms with Gasteiger partial charge in [0.05, 0.1) is 0 Å². The zero-order valence-electron chi connectivity index (χ0n) is 13.2. The standard InChI is InChI=1S/C17H27N3S/c1-13-12-21-9-8-20(13)17(11-18)15-5-6-16-14(10-15)4-3-7-19(16)2/h5-6,10,13,17H,3-4,7-9,11-12,18H2,1-2H3. The molecule has 0 bridgehead atoms. The Morgan fingerprint density at radius 1 is 1.38 bits per heavy atom. The molecule has 2 unspecified atom stereocenters. The van der Waals surface area contributed by atoms with Crippen molar-refractivity contribution in [3.05, 3.63) is 29.3 Å². The van der Waals surface area contributed by atoms with E-state index < -0.39 is 0 Å². The van der Waals surface area contributed by atoms with Gasteiger partial charge < -0.3 is 10.6 Å². The first-order valence-electron chi connectivity index (χ1n) is 8.08. The highest BCUT2D eigenvalue weighted by Crippen LogP contribution is 2.32. The summed E-state index contributed by atoms with van der Waals surface area (Å²) in [5.41, 5.74) is 10.5. The predicted molar refractivity (Wildman–Crippen MR) is 93.3 cm³/mol. The van der Waals surface area contributed by atoms with E-state index in [0.29, 0.717) is 18.6 Å². The van der Waals surface area contributed by atoms with Crippen LogP contribution in [0.3, 0.4) is 0 Å². The van der Waals surface area contributed by atoms with Crippen LogP contribution in [0.4, 0.5) is 5.69 Å². The molecule has 116 valence electrons. The van der Waals surface area contributed by atoms with Crippen LogP contribution in [-0.4, -0.2) is 49.1 Å². The third kappa shape index (κ3) is 3.08. The lowest BCUT2D eigenvalue weighted by molar-refractivity contribution is 0.166. The van der Waals surface area contributed by atoms with Gasteiger partial charge >= 0.3 is 0 Å². The van der Waals surface area contributed by atoms with Crippen LogP contribution in [0.25, 0.3) is 0 Å². The van der Waals surface area contributed by atoms with E-state index in [1.165, 1.54) is 47.7 Å². The number of anilines is 1. The number of benzene rings is 1. The van der Waals surface area contributed by atoms with E-state index in [4.69, 9.17) is 5.73 Å². The topological polar surface area (TPSA) is 32.5 Å². The van der Waals surface area contributed by atoms with E-state index in [1.807, 2.05) is 0 Å². The van der Waals surface area contributed by atoms with Crippen LogP contribution in [0.2, 0.25) is 0 Å². The van der Waals surface area contributed by atoms with Gasteiger partial charge in [-0.05, 0) is 37.0 Å². The first kappa shape index (κ1) is 15.2. The lowest BCUT2D eigenvalue weighted by atomic mass is 9.95. The molecule has 1 aromatic carbocycles. The summed E-state index contributed by atoms with van der Waals surface area (Å²) in [5.74, 6) is 2.46. The zero-order chi connectivity index (χ0) is 14.8. The molecule has 3 nitrogen and oxygen atoms in total. The second kappa shape index (κ2) is 6.59. The highest BCUT2D eigenvalue weighted by Gasteiger charge is 2.27. The fourth-order valence-corrected chi connectivity index (χ4v) is 4.72. The quantitative estimate of drug-likeness (QED) is 0.930. The van der Waals surface area contributed by atoms with Crippen molar-refractivity contribution in [3.8, 4) is 0 Å². The summed E-state index contributed by atoms with van der Waals surface area (Å²) in [6.45, 7) is 5.38. The molecule has 4 heteroatoms. The third-order valence-electron chi connectivity index (χ3n) is 4.88. The lowest BCUT2D eigenvalue weighted by Gasteiger charge is -2.39. The summed E-state index contributed by atoms with van der Waals surface area (Å²) in [7, 11) is 2.20. The van der Waals surface area contributed by atoms with Crippen LogP contribution < -0.4 is 10.6 Å². The molecule has 3 rings (SSSR count). The van der Waals surface area contributed by atoms with E-state index in [1.54, 1.807) is 0 Å². The Balaban J connectivity index is 1.87. The molecular weight excluding hydrogens is 278 g/mol. The van der Waals surface area contributed by atoms with E-state index in [-0.39, 0.29) is 0 Å². The summed E-state index contributed by atoms with van der Waals surface area (Å²) in [6.07, 6.45) is 2.47. The molecule has 2 atom stereocenters. The maximum Gasteiger partial charge on any atom is 0.0474 e. The molecule has 0 amide bonds. The van der Waals surface area contributed by atoms with Crippen molar-refractivity contribution in [2.24, 2.45) is 5.73 Å². The predicted octanol–water partition coefficient (Wildman–Crippen LogP) is 2.51. The molecule has 2 N–H and O–H groups in total. The fraction of sp³-hybridized carbons (Fsp3) is 0.647. The van der Waals surface area contributed by atoms with Gasteiger partial charge in [0.2, 0.25) is 0 Å². The van der Waals surface area contributed by atoms with E-state index in [9.17, 15) is 0 Å². The minimum atomic E-state index is 0.374. The summed E-state index contributed by atoms with van der Waals surface area (Å²) >= 11 is 2.06. The van der Waals surface area contributed by atoms with Gasteiger partial charge in [-0.3, -0.25) is 4.90 Å². The Kier molecular flexibility index (Phi) is 4.77. The molecule has 2 heterocycles. The highest BCUT2D eigenvalue weighted by atomic mass is 32.2. The Hall–Kier alpha value is -0.710. The minimum absolute atomic E-state index is 0.374. The van der Waals surface area contributed by atoms with Gasteiger partial charge in [0.1, 0.15) is 0 Å². The smallest absolute Gasteiger partial charge is 0.0474 e. The monoisotopic (exact) mass is 305 g/mol. The van der Waals surface area contributed by atoms with Gasteiger partial charge in [-0.2, -0.15) is 11.8 Å². The molecule has 0 saturated carbocycles. The lowest BCUT2D eigenvalue weighted by Crippen LogP contribution is -2.45. The van der Waals surface area contributed by atoms with Crippen molar-refractivity contribution in [1.82, 2.24) is 4.90 Å². The highest BCUT2D eigenvalue weighted by molar-refractivity contribution is 7.99. The van der Waals surface area contributed by atoms with Crippen LogP contribution in [0, 0.1) is 0 Å². The van der Waals surface area contributed by atoms with Gasteiger partial charge in [-0.15, -0.1) is 0 Å². The number of thioether (sulfide) groups is 1. The molecule has 0 radical (unpaired) electrons. The van der Waals surface area contributed by atoms with Crippen molar-refractivity contribution in [3.63, 3.8) is 0 Å². The van der Waals surface area contributed by atoms with Crippen molar-refractivity contribution < 1.29 is 0 Å². The molecule has 1 saturated heterocycles. The first-order chi connectivity index (χ1) is 10.2. The largest absolute Gasteiger partial charge is 0.374 e. The number of fused-ring (bicyclic) bond motifs is 1. The summed E-state index contributed by atoms with van der Waals surface area (Å²) in [6, 6.07) is 8.01. The van der Waals surface area contributed by atoms with Crippen LogP contribution >= 0.6 is 11.8 Å². The summed E-state index contributed by atoms with van der Waals surface area (Å²) in [5, 5.41) is 0. The number of rotatable bonds is 3. The normalized spacial score (nSPS) is 24.7. The Labute approximate surface area is 132 Å². The van der Waals surface area contributed by atoms with E-state index in [2.05, 4.69) is 53.7 Å². The number of aryl methyl sites for hydroxylation is 1. The average Bonchev–Trinajstić information content (AvgIpc) is 2.50. The molecule has 1 aromatic rings. The molecule has 2 aliphatic rings. The van der Waals surface area contributed by atoms with Gasteiger partial charge in [0.25, 0.3) is 0 Å². The third-order valence-corrected chi connectivity index (χ3v) is 6.07. The Bertz CT molecular complexity index is 491. The van der Waals surface area contributed by atoms with Crippen LogP contribution in [0.5, 0.6) is 0 Å². The van der Waals surface area contributed by atoms with Crippen molar-refractivity contribution in [2.75, 3.05) is 43.1 Å². The SMILES string of the molecule is CC1CSCCN1C(CN)c1ccc2c(c1)CCCN2C. The summed E-state index contributed by atoms with van der Waals surface area (Å²) in [4.78, 5) is 4.98. The van der Waals surface area contributed by atoms with Crippen molar-refractivity contribution in [2.45, 2.75) is 31.8 Å². The number of hydrogen-bond acceptors (Lipinski definition) is 4. The van der Waals surface area contributed by atoms with E-state index >= 15 is 0 Å². The van der Waals surface area contributed by atoms with Gasteiger partial charge in [-0.1, -0.05) is 12.1 Å². The van der Waals surface area contributed by atoms with Crippen LogP contribution in [-0.2, 0) is 6.42 Å².